The highest BCUT2D eigenvalue weighted by Crippen LogP contribution is 2.20. The van der Waals surface area contributed by atoms with Crippen LogP contribution < -0.4 is 5.32 Å². The predicted octanol–water partition coefficient (Wildman–Crippen LogP) is 1.77. The zero-order chi connectivity index (χ0) is 14.9. The van der Waals surface area contributed by atoms with Crippen LogP contribution in [0.2, 0.25) is 0 Å². The van der Waals surface area contributed by atoms with Crippen LogP contribution in [-0.2, 0) is 9.84 Å². The molecule has 4 nitrogen and oxygen atoms in total. The molecule has 1 aliphatic heterocycles. The molecule has 0 spiro atoms. The summed E-state index contributed by atoms with van der Waals surface area (Å²) in [7, 11) is -3.06. The maximum Gasteiger partial charge on any atom is 0.173 e. The summed E-state index contributed by atoms with van der Waals surface area (Å²) in [5, 5.41) is 16.7. The molecular weight excluding hydrogens is 286 g/mol. The molecule has 2 unspecified atom stereocenters. The first-order valence-electron chi connectivity index (χ1n) is 6.85. The largest absolute Gasteiger partial charge is 0.387 e. The lowest BCUT2D eigenvalue weighted by Gasteiger charge is -2.15. The molecule has 1 aliphatic rings. The van der Waals surface area contributed by atoms with Gasteiger partial charge in [0.15, 0.2) is 9.84 Å². The van der Waals surface area contributed by atoms with Crippen molar-refractivity contribution in [3.05, 3.63) is 59.5 Å². The Hall–Kier alpha value is -1.69. The van der Waals surface area contributed by atoms with Crippen LogP contribution in [0.3, 0.4) is 0 Å². The first-order chi connectivity index (χ1) is 10.0. The van der Waals surface area contributed by atoms with Crippen LogP contribution in [0.25, 0.3) is 10.8 Å². The third-order valence-electron chi connectivity index (χ3n) is 3.66. The van der Waals surface area contributed by atoms with Crippen molar-refractivity contribution >= 4 is 20.6 Å². The van der Waals surface area contributed by atoms with Crippen molar-refractivity contribution in [1.82, 2.24) is 5.32 Å². The number of hydrogen-bond donors (Lipinski definition) is 2. The van der Waals surface area contributed by atoms with Crippen LogP contribution in [0.15, 0.2) is 53.9 Å². The number of nitrogens with one attached hydrogen (secondary N) is 1. The molecule has 21 heavy (non-hydrogen) atoms. The van der Waals surface area contributed by atoms with E-state index in [1.54, 1.807) is 6.08 Å². The maximum absolute atomic E-state index is 11.3. The second-order valence-corrected chi connectivity index (χ2v) is 7.23. The van der Waals surface area contributed by atoms with E-state index in [4.69, 9.17) is 0 Å². The van der Waals surface area contributed by atoms with Gasteiger partial charge in [0.25, 0.3) is 0 Å². The molecular formula is C16H17NO3S. The predicted molar refractivity (Wildman–Crippen MR) is 83.6 cm³/mol. The van der Waals surface area contributed by atoms with Crippen molar-refractivity contribution in [2.24, 2.45) is 0 Å². The molecule has 0 aliphatic carbocycles. The van der Waals surface area contributed by atoms with Gasteiger partial charge in [0.1, 0.15) is 0 Å². The van der Waals surface area contributed by atoms with Gasteiger partial charge in [-0.3, -0.25) is 0 Å². The van der Waals surface area contributed by atoms with Crippen LogP contribution in [0.5, 0.6) is 0 Å². The zero-order valence-corrected chi connectivity index (χ0v) is 12.3. The van der Waals surface area contributed by atoms with Crippen molar-refractivity contribution < 1.29 is 13.5 Å². The minimum atomic E-state index is -3.06. The van der Waals surface area contributed by atoms with Crippen molar-refractivity contribution in [2.45, 2.75) is 12.1 Å². The third-order valence-corrected chi connectivity index (χ3v) is 5.06. The third kappa shape index (κ3) is 3.32. The lowest BCUT2D eigenvalue weighted by molar-refractivity contribution is 0.173. The van der Waals surface area contributed by atoms with Crippen LogP contribution in [-0.4, -0.2) is 31.9 Å². The smallest absolute Gasteiger partial charge is 0.173 e. The molecule has 0 saturated carbocycles. The SMILES string of the molecule is O=S1(=O)C=CC(NCC(O)c2ccc3ccccc3c2)C1. The van der Waals surface area contributed by atoms with Gasteiger partial charge in [-0.05, 0) is 22.4 Å². The molecule has 2 N–H and O–H groups in total. The van der Waals surface area contributed by atoms with E-state index < -0.39 is 15.9 Å². The van der Waals surface area contributed by atoms with Gasteiger partial charge in [0.05, 0.1) is 11.9 Å². The van der Waals surface area contributed by atoms with E-state index in [1.807, 2.05) is 42.5 Å². The van der Waals surface area contributed by atoms with Gasteiger partial charge < -0.3 is 10.4 Å². The topological polar surface area (TPSA) is 66.4 Å². The summed E-state index contributed by atoms with van der Waals surface area (Å²) in [5.41, 5.74) is 0.825. The molecule has 3 rings (SSSR count). The Morgan fingerprint density at radius 2 is 1.95 bits per heavy atom. The number of rotatable bonds is 4. The van der Waals surface area contributed by atoms with Crippen molar-refractivity contribution in [1.29, 1.82) is 0 Å². The summed E-state index contributed by atoms with van der Waals surface area (Å²) in [6, 6.07) is 13.6. The summed E-state index contributed by atoms with van der Waals surface area (Å²) in [6.07, 6.45) is 0.967. The van der Waals surface area contributed by atoms with E-state index in [1.165, 1.54) is 5.41 Å². The molecule has 1 heterocycles. The Bertz CT molecular complexity index is 783. The Morgan fingerprint density at radius 3 is 2.67 bits per heavy atom. The molecule has 2 aromatic rings. The normalized spacial score (nSPS) is 21.7. The average molecular weight is 303 g/mol. The van der Waals surface area contributed by atoms with Gasteiger partial charge in [-0.15, -0.1) is 0 Å². The molecule has 0 radical (unpaired) electrons. The highest BCUT2D eigenvalue weighted by atomic mass is 32.2. The first-order valence-corrected chi connectivity index (χ1v) is 8.56. The summed E-state index contributed by atoms with van der Waals surface area (Å²) >= 11 is 0. The second-order valence-electron chi connectivity index (χ2n) is 5.30. The Morgan fingerprint density at radius 1 is 1.19 bits per heavy atom. The van der Waals surface area contributed by atoms with Crippen molar-refractivity contribution in [3.63, 3.8) is 0 Å². The summed E-state index contributed by atoms with van der Waals surface area (Å²) in [5.74, 6) is 0.0669. The van der Waals surface area contributed by atoms with Crippen LogP contribution >= 0.6 is 0 Å². The highest BCUT2D eigenvalue weighted by molar-refractivity contribution is 7.94. The molecule has 0 saturated heterocycles. The fraction of sp³-hybridized carbons (Fsp3) is 0.250. The molecule has 110 valence electrons. The van der Waals surface area contributed by atoms with E-state index in [9.17, 15) is 13.5 Å². The maximum atomic E-state index is 11.3. The molecule has 0 bridgehead atoms. The van der Waals surface area contributed by atoms with Gasteiger partial charge in [0.2, 0.25) is 0 Å². The van der Waals surface area contributed by atoms with E-state index in [2.05, 4.69) is 5.32 Å². The van der Waals surface area contributed by atoms with E-state index >= 15 is 0 Å². The number of aliphatic hydroxyl groups is 1. The number of hydrogen-bond acceptors (Lipinski definition) is 4. The monoisotopic (exact) mass is 303 g/mol. The fourth-order valence-corrected chi connectivity index (χ4v) is 3.77. The highest BCUT2D eigenvalue weighted by Gasteiger charge is 2.21. The lowest BCUT2D eigenvalue weighted by Crippen LogP contribution is -2.33. The Balaban J connectivity index is 1.67. The van der Waals surface area contributed by atoms with E-state index in [0.717, 1.165) is 16.3 Å². The average Bonchev–Trinajstić information content (AvgIpc) is 2.83. The van der Waals surface area contributed by atoms with Crippen LogP contribution in [0.1, 0.15) is 11.7 Å². The molecule has 5 heteroatoms. The van der Waals surface area contributed by atoms with Gasteiger partial charge in [-0.25, -0.2) is 8.42 Å². The number of fused-ring (bicyclic) bond motifs is 1. The number of benzene rings is 2. The molecule has 0 fully saturated rings. The van der Waals surface area contributed by atoms with Gasteiger partial charge in [-0.1, -0.05) is 42.5 Å². The molecule has 2 aromatic carbocycles. The minimum absolute atomic E-state index is 0.0669. The minimum Gasteiger partial charge on any atom is -0.387 e. The van der Waals surface area contributed by atoms with Gasteiger partial charge >= 0.3 is 0 Å². The van der Waals surface area contributed by atoms with Gasteiger partial charge in [0, 0.05) is 18.0 Å². The summed E-state index contributed by atoms with van der Waals surface area (Å²) in [6.45, 7) is 0.322. The summed E-state index contributed by atoms with van der Waals surface area (Å²) in [4.78, 5) is 0. The Kier molecular flexibility index (Phi) is 3.80. The lowest BCUT2D eigenvalue weighted by atomic mass is 10.0. The van der Waals surface area contributed by atoms with Gasteiger partial charge in [-0.2, -0.15) is 0 Å². The number of sulfone groups is 1. The second kappa shape index (κ2) is 5.60. The standard InChI is InChI=1S/C16H17NO3S/c18-16(10-17-15-7-8-21(19,20)11-15)14-6-5-12-3-1-2-4-13(12)9-14/h1-9,15-18H,10-11H2. The molecule has 0 amide bonds. The van der Waals surface area contributed by atoms with Crippen molar-refractivity contribution in [2.75, 3.05) is 12.3 Å². The quantitative estimate of drug-likeness (QED) is 0.903. The van der Waals surface area contributed by atoms with E-state index in [0.29, 0.717) is 6.54 Å². The number of aliphatic hydroxyl groups excluding tert-OH is 1. The Labute approximate surface area is 124 Å². The van der Waals surface area contributed by atoms with E-state index in [-0.39, 0.29) is 11.8 Å². The van der Waals surface area contributed by atoms with Crippen molar-refractivity contribution in [3.8, 4) is 0 Å². The van der Waals surface area contributed by atoms with Crippen LogP contribution in [0, 0.1) is 0 Å². The van der Waals surface area contributed by atoms with Crippen LogP contribution in [0.4, 0.5) is 0 Å². The fourth-order valence-electron chi connectivity index (χ4n) is 2.50. The molecule has 0 aromatic heterocycles. The zero-order valence-electron chi connectivity index (χ0n) is 11.4. The summed E-state index contributed by atoms with van der Waals surface area (Å²) < 4.78 is 22.6. The molecule has 2 atom stereocenters. The first kappa shape index (κ1) is 14.3.